The third-order valence-electron chi connectivity index (χ3n) is 8.74. The summed E-state index contributed by atoms with van der Waals surface area (Å²) in [6.45, 7) is 1.16. The summed E-state index contributed by atoms with van der Waals surface area (Å²) in [5.41, 5.74) is 0. The molecule has 0 spiro atoms. The van der Waals surface area contributed by atoms with E-state index >= 15 is 0 Å². The lowest BCUT2D eigenvalue weighted by atomic mass is 9.75. The standard InChI is InChI=1S/C24H34F2N4O4/c25-24(26,19-7-4-15(11-27-19)14-2-3-14)23(34)28-10-13-1-5-17-16(9-13)12-30(22(17)33)18-6-8-20(31)29-21(18)32/h13-19,27H,1-12H2,(H,28,34)(H,29,31,32). The number of piperidine rings is 2. The van der Waals surface area contributed by atoms with Gasteiger partial charge in [0, 0.05) is 25.4 Å². The number of likely N-dealkylation sites (tertiary alicyclic amines) is 1. The fourth-order valence-electron chi connectivity index (χ4n) is 6.56. The van der Waals surface area contributed by atoms with Crippen molar-refractivity contribution in [1.29, 1.82) is 0 Å². The molecular weight excluding hydrogens is 446 g/mol. The van der Waals surface area contributed by atoms with E-state index in [2.05, 4.69) is 16.0 Å². The Bertz CT molecular complexity index is 856. The molecule has 3 aliphatic heterocycles. The number of alkyl halides is 2. The molecule has 0 aromatic heterocycles. The van der Waals surface area contributed by atoms with Crippen LogP contribution in [0.15, 0.2) is 0 Å². The molecule has 8 nitrogen and oxygen atoms in total. The molecule has 3 heterocycles. The number of hydrogen-bond donors (Lipinski definition) is 3. The van der Waals surface area contributed by atoms with E-state index in [4.69, 9.17) is 0 Å². The van der Waals surface area contributed by atoms with Crippen LogP contribution >= 0.6 is 0 Å². The molecule has 2 aliphatic carbocycles. The Labute approximate surface area is 197 Å². The molecule has 5 aliphatic rings. The molecule has 188 valence electrons. The summed E-state index contributed by atoms with van der Waals surface area (Å²) in [5, 5.41) is 7.71. The highest BCUT2D eigenvalue weighted by Crippen LogP contribution is 2.42. The third kappa shape index (κ3) is 4.57. The number of amides is 4. The van der Waals surface area contributed by atoms with Gasteiger partial charge in [-0.05, 0) is 81.6 Å². The number of carbonyl (C=O) groups excluding carboxylic acids is 4. The SMILES string of the molecule is O=C1CCC(N2CC3CC(CNC(=O)C(F)(F)C4CCC(C5CC5)CN4)CCC3C2=O)C(=O)N1. The summed E-state index contributed by atoms with van der Waals surface area (Å²) in [7, 11) is 0. The molecule has 0 bridgehead atoms. The number of hydrogen-bond acceptors (Lipinski definition) is 5. The van der Waals surface area contributed by atoms with Crippen LogP contribution in [-0.2, 0) is 19.2 Å². The molecule has 3 N–H and O–H groups in total. The highest BCUT2D eigenvalue weighted by molar-refractivity contribution is 6.02. The van der Waals surface area contributed by atoms with Crippen molar-refractivity contribution in [2.45, 2.75) is 75.8 Å². The maximum absolute atomic E-state index is 14.8. The Morgan fingerprint density at radius 3 is 2.44 bits per heavy atom. The van der Waals surface area contributed by atoms with E-state index in [-0.39, 0.29) is 42.5 Å². The number of imide groups is 1. The molecule has 6 unspecified atom stereocenters. The average Bonchev–Trinajstić information content (AvgIpc) is 3.62. The molecule has 6 atom stereocenters. The van der Waals surface area contributed by atoms with E-state index in [0.717, 1.165) is 6.42 Å². The fourth-order valence-corrected chi connectivity index (χ4v) is 6.56. The number of nitrogens with zero attached hydrogens (tertiary/aromatic N) is 1. The lowest BCUT2D eigenvalue weighted by Crippen LogP contribution is -2.57. The Kier molecular flexibility index (Phi) is 6.37. The van der Waals surface area contributed by atoms with Gasteiger partial charge in [0.1, 0.15) is 6.04 Å². The number of halogens is 2. The molecule has 0 aromatic carbocycles. The largest absolute Gasteiger partial charge is 0.351 e. The topological polar surface area (TPSA) is 108 Å². The zero-order chi connectivity index (χ0) is 24.0. The van der Waals surface area contributed by atoms with E-state index in [1.165, 1.54) is 12.8 Å². The zero-order valence-electron chi connectivity index (χ0n) is 19.4. The van der Waals surface area contributed by atoms with Crippen molar-refractivity contribution in [2.24, 2.45) is 29.6 Å². The van der Waals surface area contributed by atoms with Gasteiger partial charge in [-0.15, -0.1) is 0 Å². The van der Waals surface area contributed by atoms with Crippen molar-refractivity contribution in [1.82, 2.24) is 20.9 Å². The summed E-state index contributed by atoms with van der Waals surface area (Å²) < 4.78 is 29.6. The van der Waals surface area contributed by atoms with Crippen molar-refractivity contribution in [3.63, 3.8) is 0 Å². The fraction of sp³-hybridized carbons (Fsp3) is 0.833. The first kappa shape index (κ1) is 23.6. The lowest BCUT2D eigenvalue weighted by molar-refractivity contribution is -0.151. The van der Waals surface area contributed by atoms with Crippen molar-refractivity contribution in [3.8, 4) is 0 Å². The van der Waals surface area contributed by atoms with Crippen LogP contribution in [0.25, 0.3) is 0 Å². The van der Waals surface area contributed by atoms with Crippen LogP contribution < -0.4 is 16.0 Å². The maximum Gasteiger partial charge on any atom is 0.339 e. The number of nitrogens with one attached hydrogen (secondary N) is 3. The molecule has 4 amide bonds. The first-order valence-electron chi connectivity index (χ1n) is 12.8. The quantitative estimate of drug-likeness (QED) is 0.495. The summed E-state index contributed by atoms with van der Waals surface area (Å²) in [4.78, 5) is 50.5. The van der Waals surface area contributed by atoms with Crippen LogP contribution in [0, 0.1) is 29.6 Å². The van der Waals surface area contributed by atoms with Crippen LogP contribution in [0.5, 0.6) is 0 Å². The van der Waals surface area contributed by atoms with Gasteiger partial charge >= 0.3 is 5.92 Å². The van der Waals surface area contributed by atoms with Gasteiger partial charge in [0.25, 0.3) is 5.91 Å². The number of carbonyl (C=O) groups is 4. The molecule has 34 heavy (non-hydrogen) atoms. The molecule has 5 fully saturated rings. The Hall–Kier alpha value is -2.10. The minimum Gasteiger partial charge on any atom is -0.351 e. The molecule has 10 heteroatoms. The van der Waals surface area contributed by atoms with Crippen molar-refractivity contribution >= 4 is 23.6 Å². The summed E-state index contributed by atoms with van der Waals surface area (Å²) in [5.74, 6) is -4.45. The van der Waals surface area contributed by atoms with Crippen molar-refractivity contribution in [3.05, 3.63) is 0 Å². The van der Waals surface area contributed by atoms with Gasteiger partial charge in [-0.3, -0.25) is 24.5 Å². The van der Waals surface area contributed by atoms with Crippen LogP contribution in [0.4, 0.5) is 8.78 Å². The highest BCUT2D eigenvalue weighted by atomic mass is 19.3. The molecule has 0 aromatic rings. The Morgan fingerprint density at radius 1 is 1.00 bits per heavy atom. The van der Waals surface area contributed by atoms with Gasteiger partial charge in [-0.1, -0.05) is 0 Å². The predicted octanol–water partition coefficient (Wildman–Crippen LogP) is 1.20. The zero-order valence-corrected chi connectivity index (χ0v) is 19.4. The number of fused-ring (bicyclic) bond motifs is 1. The molecule has 3 saturated heterocycles. The second kappa shape index (κ2) is 9.17. The normalized spacial score (nSPS) is 36.8. The first-order valence-corrected chi connectivity index (χ1v) is 12.8. The van der Waals surface area contributed by atoms with E-state index in [1.54, 1.807) is 4.90 Å². The van der Waals surface area contributed by atoms with Gasteiger partial charge in [0.05, 0.1) is 6.04 Å². The van der Waals surface area contributed by atoms with Crippen molar-refractivity contribution in [2.75, 3.05) is 19.6 Å². The van der Waals surface area contributed by atoms with Crippen LogP contribution in [0.2, 0.25) is 0 Å². The smallest absolute Gasteiger partial charge is 0.339 e. The predicted molar refractivity (Wildman–Crippen MR) is 117 cm³/mol. The van der Waals surface area contributed by atoms with Gasteiger partial charge in [0.2, 0.25) is 17.7 Å². The van der Waals surface area contributed by atoms with E-state index in [1.807, 2.05) is 0 Å². The summed E-state index contributed by atoms with van der Waals surface area (Å²) in [6.07, 6.45) is 5.93. The Balaban J connectivity index is 1.11. The molecule has 5 rings (SSSR count). The minimum atomic E-state index is -3.45. The summed E-state index contributed by atoms with van der Waals surface area (Å²) in [6, 6.07) is -1.73. The van der Waals surface area contributed by atoms with Gasteiger partial charge in [-0.25, -0.2) is 0 Å². The molecule has 0 radical (unpaired) electrons. The van der Waals surface area contributed by atoms with Gasteiger partial charge < -0.3 is 15.5 Å². The van der Waals surface area contributed by atoms with Crippen molar-refractivity contribution < 1.29 is 28.0 Å². The summed E-state index contributed by atoms with van der Waals surface area (Å²) >= 11 is 0. The van der Waals surface area contributed by atoms with Crippen LogP contribution in [-0.4, -0.2) is 66.2 Å². The molecule has 2 saturated carbocycles. The first-order chi connectivity index (χ1) is 16.2. The van der Waals surface area contributed by atoms with Crippen LogP contribution in [0.1, 0.15) is 57.8 Å². The van der Waals surface area contributed by atoms with Crippen LogP contribution in [0.3, 0.4) is 0 Å². The van der Waals surface area contributed by atoms with Gasteiger partial charge in [0.15, 0.2) is 0 Å². The maximum atomic E-state index is 14.8. The van der Waals surface area contributed by atoms with E-state index in [0.29, 0.717) is 57.0 Å². The second-order valence-electron chi connectivity index (χ2n) is 11.0. The van der Waals surface area contributed by atoms with E-state index in [9.17, 15) is 28.0 Å². The molecular formula is C24H34F2N4O4. The second-order valence-corrected chi connectivity index (χ2v) is 11.0. The van der Waals surface area contributed by atoms with Gasteiger partial charge in [-0.2, -0.15) is 8.78 Å². The lowest BCUT2D eigenvalue weighted by Gasteiger charge is -2.35. The highest BCUT2D eigenvalue weighted by Gasteiger charge is 2.51. The third-order valence-corrected chi connectivity index (χ3v) is 8.74. The average molecular weight is 481 g/mol. The van der Waals surface area contributed by atoms with E-state index < -0.39 is 29.8 Å². The number of rotatable bonds is 6. The Morgan fingerprint density at radius 2 is 1.76 bits per heavy atom. The minimum absolute atomic E-state index is 0.0223. The monoisotopic (exact) mass is 480 g/mol.